The Balaban J connectivity index is 2.01. The number of hydrogen-bond acceptors (Lipinski definition) is 6. The number of aromatic nitrogens is 4. The fourth-order valence-corrected chi connectivity index (χ4v) is 4.00. The Morgan fingerprint density at radius 1 is 1.22 bits per heavy atom. The Morgan fingerprint density at radius 3 is 2.56 bits per heavy atom. The molecule has 0 saturated heterocycles. The zero-order valence-corrected chi connectivity index (χ0v) is 16.4. The average Bonchev–Trinajstić information content (AvgIpc) is 3.01. The highest BCUT2D eigenvalue weighted by Gasteiger charge is 2.26. The van der Waals surface area contributed by atoms with Gasteiger partial charge >= 0.3 is 5.69 Å². The van der Waals surface area contributed by atoms with Crippen molar-refractivity contribution in [3.05, 3.63) is 50.7 Å². The van der Waals surface area contributed by atoms with Gasteiger partial charge in [0.25, 0.3) is 5.56 Å². The van der Waals surface area contributed by atoms with Crippen molar-refractivity contribution in [2.24, 2.45) is 14.1 Å². The number of thioether (sulfide) groups is 1. The van der Waals surface area contributed by atoms with Crippen molar-refractivity contribution in [2.75, 3.05) is 5.73 Å². The number of nitrogen functional groups attached to an aromatic ring is 1. The van der Waals surface area contributed by atoms with E-state index in [4.69, 9.17) is 5.73 Å². The Bertz CT molecular complexity index is 1160. The first-order chi connectivity index (χ1) is 12.8. The molecule has 2 N–H and O–H groups in total. The summed E-state index contributed by atoms with van der Waals surface area (Å²) in [4.78, 5) is 41.9. The summed E-state index contributed by atoms with van der Waals surface area (Å²) < 4.78 is 4.02. The lowest BCUT2D eigenvalue weighted by Gasteiger charge is -2.14. The second-order valence-corrected chi connectivity index (χ2v) is 7.53. The van der Waals surface area contributed by atoms with Crippen LogP contribution >= 0.6 is 11.8 Å². The number of imidazole rings is 1. The third-order valence-corrected chi connectivity index (χ3v) is 5.63. The number of carbonyl (C=O) groups excluding carboxylic acids is 1. The van der Waals surface area contributed by atoms with Crippen LogP contribution in [0, 0.1) is 0 Å². The van der Waals surface area contributed by atoms with Gasteiger partial charge in [0.05, 0.1) is 16.3 Å². The van der Waals surface area contributed by atoms with Crippen LogP contribution in [0.1, 0.15) is 24.2 Å². The molecule has 0 saturated carbocycles. The third kappa shape index (κ3) is 3.08. The molecule has 2 heterocycles. The number of Topliss-reactive ketones (excluding diaryl/α,β-unsaturated/α-hetero) is 1. The number of hydrogen-bond donors (Lipinski definition) is 1. The van der Waals surface area contributed by atoms with E-state index in [2.05, 4.69) is 4.98 Å². The van der Waals surface area contributed by atoms with Gasteiger partial charge in [0.2, 0.25) is 0 Å². The van der Waals surface area contributed by atoms with Crippen LogP contribution in [-0.2, 0) is 20.6 Å². The second kappa shape index (κ2) is 7.07. The van der Waals surface area contributed by atoms with Crippen molar-refractivity contribution in [2.45, 2.75) is 30.8 Å². The summed E-state index contributed by atoms with van der Waals surface area (Å²) in [6, 6.07) is 7.74. The number of rotatable bonds is 5. The van der Waals surface area contributed by atoms with Crippen LogP contribution in [0.15, 0.2) is 39.0 Å². The van der Waals surface area contributed by atoms with E-state index in [9.17, 15) is 14.4 Å². The second-order valence-electron chi connectivity index (χ2n) is 6.22. The van der Waals surface area contributed by atoms with Crippen LogP contribution in [0.25, 0.3) is 11.0 Å². The summed E-state index contributed by atoms with van der Waals surface area (Å²) >= 11 is 1.27. The molecule has 0 radical (unpaired) electrons. The van der Waals surface area contributed by atoms with Gasteiger partial charge in [0, 0.05) is 20.6 Å². The van der Waals surface area contributed by atoms with Crippen molar-refractivity contribution in [3.8, 4) is 0 Å². The Labute approximate surface area is 159 Å². The van der Waals surface area contributed by atoms with Crippen LogP contribution in [0.4, 0.5) is 5.82 Å². The lowest BCUT2D eigenvalue weighted by molar-refractivity contribution is 0.0992. The maximum atomic E-state index is 13.0. The number of nitrogens with two attached hydrogens (primary N) is 1. The summed E-state index contributed by atoms with van der Waals surface area (Å²) in [5, 5.41) is 0.0966. The minimum Gasteiger partial charge on any atom is -0.384 e. The predicted molar refractivity (Wildman–Crippen MR) is 106 cm³/mol. The first kappa shape index (κ1) is 19.0. The van der Waals surface area contributed by atoms with Gasteiger partial charge in [-0.25, -0.2) is 9.78 Å². The van der Waals surface area contributed by atoms with Gasteiger partial charge in [-0.3, -0.25) is 18.7 Å². The monoisotopic (exact) mass is 387 g/mol. The highest BCUT2D eigenvalue weighted by molar-refractivity contribution is 8.00. The van der Waals surface area contributed by atoms with E-state index in [1.807, 2.05) is 35.8 Å². The van der Waals surface area contributed by atoms with Crippen molar-refractivity contribution in [1.82, 2.24) is 18.7 Å². The molecular weight excluding hydrogens is 366 g/mol. The van der Waals surface area contributed by atoms with Crippen LogP contribution in [0.5, 0.6) is 0 Å². The largest absolute Gasteiger partial charge is 0.384 e. The van der Waals surface area contributed by atoms with Gasteiger partial charge in [-0.2, -0.15) is 0 Å². The van der Waals surface area contributed by atoms with Gasteiger partial charge in [-0.1, -0.05) is 23.9 Å². The van der Waals surface area contributed by atoms with Crippen LogP contribution in [-0.4, -0.2) is 29.7 Å². The number of para-hydroxylation sites is 2. The van der Waals surface area contributed by atoms with E-state index in [0.29, 0.717) is 11.7 Å². The van der Waals surface area contributed by atoms with E-state index in [1.165, 1.54) is 25.9 Å². The first-order valence-corrected chi connectivity index (χ1v) is 9.37. The van der Waals surface area contributed by atoms with E-state index < -0.39 is 22.3 Å². The highest BCUT2D eigenvalue weighted by Crippen LogP contribution is 2.29. The molecule has 9 heteroatoms. The summed E-state index contributed by atoms with van der Waals surface area (Å²) in [7, 11) is 2.76. The van der Waals surface area contributed by atoms with Gasteiger partial charge in [-0.15, -0.1) is 0 Å². The number of anilines is 1. The van der Waals surface area contributed by atoms with E-state index >= 15 is 0 Å². The zero-order valence-electron chi connectivity index (χ0n) is 15.6. The zero-order chi connectivity index (χ0) is 19.9. The first-order valence-electron chi connectivity index (χ1n) is 8.49. The molecule has 3 rings (SSSR count). The fraction of sp³-hybridized carbons (Fsp3) is 0.333. The quantitative estimate of drug-likeness (QED) is 0.524. The minimum absolute atomic E-state index is 0.121. The molecule has 0 fully saturated rings. The van der Waals surface area contributed by atoms with Crippen molar-refractivity contribution in [1.29, 1.82) is 0 Å². The number of aryl methyl sites for hydroxylation is 1. The molecule has 1 aromatic carbocycles. The summed E-state index contributed by atoms with van der Waals surface area (Å²) in [5.74, 6) is -0.548. The standard InChI is InChI=1S/C18H21N5O3S/c1-5-23-12-9-7-6-8-11(12)20-17(23)27-10(2)14(24)13-15(19)21(3)18(26)22(4)16(13)25/h6-10H,5,19H2,1-4H3. The van der Waals surface area contributed by atoms with Gasteiger partial charge in [-0.05, 0) is 26.0 Å². The van der Waals surface area contributed by atoms with E-state index in [-0.39, 0.29) is 11.4 Å². The number of carbonyl (C=O) groups is 1. The van der Waals surface area contributed by atoms with Crippen molar-refractivity contribution < 1.29 is 4.79 Å². The maximum absolute atomic E-state index is 13.0. The highest BCUT2D eigenvalue weighted by atomic mass is 32.2. The fourth-order valence-electron chi connectivity index (χ4n) is 2.96. The van der Waals surface area contributed by atoms with E-state index in [0.717, 1.165) is 20.2 Å². The molecule has 142 valence electrons. The molecule has 0 aliphatic heterocycles. The number of benzene rings is 1. The summed E-state index contributed by atoms with van der Waals surface area (Å²) in [5.41, 5.74) is 6.31. The predicted octanol–water partition coefficient (Wildman–Crippen LogP) is 1.40. The van der Waals surface area contributed by atoms with Gasteiger partial charge in [0.1, 0.15) is 11.4 Å². The molecule has 0 aliphatic rings. The molecule has 3 aromatic rings. The lowest BCUT2D eigenvalue weighted by atomic mass is 10.1. The summed E-state index contributed by atoms with van der Waals surface area (Å²) in [6.45, 7) is 4.41. The lowest BCUT2D eigenvalue weighted by Crippen LogP contribution is -2.42. The molecule has 27 heavy (non-hydrogen) atoms. The summed E-state index contributed by atoms with van der Waals surface area (Å²) in [6.07, 6.45) is 0. The molecule has 1 unspecified atom stereocenters. The molecule has 8 nitrogen and oxygen atoms in total. The van der Waals surface area contributed by atoms with Crippen LogP contribution in [0.2, 0.25) is 0 Å². The molecule has 1 atom stereocenters. The molecule has 0 amide bonds. The Hall–Kier alpha value is -2.81. The van der Waals surface area contributed by atoms with E-state index in [1.54, 1.807) is 6.92 Å². The number of nitrogens with zero attached hydrogens (tertiary/aromatic N) is 4. The Kier molecular flexibility index (Phi) is 4.97. The normalized spacial score (nSPS) is 12.4. The number of fused-ring (bicyclic) bond motifs is 1. The van der Waals surface area contributed by atoms with Crippen molar-refractivity contribution >= 4 is 34.4 Å². The maximum Gasteiger partial charge on any atom is 0.332 e. The Morgan fingerprint density at radius 2 is 1.89 bits per heavy atom. The van der Waals surface area contributed by atoms with Crippen molar-refractivity contribution in [3.63, 3.8) is 0 Å². The molecule has 0 aliphatic carbocycles. The van der Waals surface area contributed by atoms with Gasteiger partial charge < -0.3 is 10.3 Å². The third-order valence-electron chi connectivity index (χ3n) is 4.54. The smallest absolute Gasteiger partial charge is 0.332 e. The molecule has 2 aromatic heterocycles. The molecule has 0 bridgehead atoms. The minimum atomic E-state index is -0.683. The van der Waals surface area contributed by atoms with Crippen LogP contribution < -0.4 is 17.0 Å². The molecule has 0 spiro atoms. The van der Waals surface area contributed by atoms with Crippen LogP contribution in [0.3, 0.4) is 0 Å². The topological polar surface area (TPSA) is 105 Å². The van der Waals surface area contributed by atoms with Gasteiger partial charge in [0.15, 0.2) is 10.9 Å². The molecular formula is C18H21N5O3S. The SMILES string of the molecule is CCn1c(SC(C)C(=O)c2c(N)n(C)c(=O)n(C)c2=O)nc2ccccc21. The number of ketones is 1. The average molecular weight is 387 g/mol.